The predicted molar refractivity (Wildman–Crippen MR) is 72.6 cm³/mol. The average Bonchev–Trinajstić information content (AvgIpc) is 2.37. The highest BCUT2D eigenvalue weighted by molar-refractivity contribution is 6.31. The Labute approximate surface area is 119 Å². The first-order valence-corrected chi connectivity index (χ1v) is 6.30. The molecule has 1 atom stereocenters. The molecule has 0 saturated carbocycles. The van der Waals surface area contributed by atoms with Crippen LogP contribution in [0.4, 0.5) is 15.8 Å². The number of rotatable bonds is 7. The van der Waals surface area contributed by atoms with Crippen molar-refractivity contribution in [3.05, 3.63) is 33.1 Å². The number of hydrogen-bond acceptors (Lipinski definition) is 4. The molecule has 0 heterocycles. The minimum Gasteiger partial charge on any atom is -0.481 e. The Bertz CT molecular complexity index is 524. The van der Waals surface area contributed by atoms with Crippen LogP contribution in [-0.4, -0.2) is 22.5 Å². The maximum absolute atomic E-state index is 13.2. The first kappa shape index (κ1) is 16.2. The second-order valence-corrected chi connectivity index (χ2v) is 4.76. The van der Waals surface area contributed by atoms with Gasteiger partial charge in [-0.3, -0.25) is 14.9 Å². The number of nitro benzene ring substituents is 1. The summed E-state index contributed by atoms with van der Waals surface area (Å²) in [5, 5.41) is 22.1. The number of nitrogens with zero attached hydrogens (tertiary/aromatic N) is 1. The molecule has 0 spiro atoms. The summed E-state index contributed by atoms with van der Waals surface area (Å²) in [4.78, 5) is 20.7. The van der Waals surface area contributed by atoms with Crippen LogP contribution in [0.2, 0.25) is 5.02 Å². The van der Waals surface area contributed by atoms with E-state index in [1.807, 2.05) is 0 Å². The first-order valence-electron chi connectivity index (χ1n) is 5.93. The minimum absolute atomic E-state index is 0.115. The van der Waals surface area contributed by atoms with Crippen molar-refractivity contribution in [3.8, 4) is 0 Å². The number of benzene rings is 1. The molecule has 6 nitrogen and oxygen atoms in total. The van der Waals surface area contributed by atoms with Crippen LogP contribution in [0.5, 0.6) is 0 Å². The minimum atomic E-state index is -0.888. The van der Waals surface area contributed by atoms with Gasteiger partial charge in [-0.15, -0.1) is 0 Å². The maximum atomic E-state index is 13.2. The van der Waals surface area contributed by atoms with E-state index in [9.17, 15) is 19.3 Å². The van der Waals surface area contributed by atoms with Crippen molar-refractivity contribution in [3.63, 3.8) is 0 Å². The molecule has 8 heteroatoms. The highest BCUT2D eigenvalue weighted by Crippen LogP contribution is 2.30. The number of carbonyl (C=O) groups is 1. The molecule has 20 heavy (non-hydrogen) atoms. The molecule has 0 aromatic heterocycles. The fraction of sp³-hybridized carbons (Fsp3) is 0.417. The number of carboxylic acids is 1. The van der Waals surface area contributed by atoms with Crippen LogP contribution >= 0.6 is 11.6 Å². The van der Waals surface area contributed by atoms with Crippen molar-refractivity contribution in [2.75, 3.05) is 11.9 Å². The molecular formula is C12H14ClFN2O4. The maximum Gasteiger partial charge on any atom is 0.306 e. The summed E-state index contributed by atoms with van der Waals surface area (Å²) in [7, 11) is 0. The number of hydrogen-bond donors (Lipinski definition) is 2. The van der Waals surface area contributed by atoms with Crippen LogP contribution in [0, 0.1) is 21.8 Å². The van der Waals surface area contributed by atoms with E-state index in [1.165, 1.54) is 0 Å². The van der Waals surface area contributed by atoms with Crippen molar-refractivity contribution in [1.29, 1.82) is 0 Å². The highest BCUT2D eigenvalue weighted by Gasteiger charge is 2.17. The number of aliphatic carboxylic acids is 1. The van der Waals surface area contributed by atoms with Gasteiger partial charge in [-0.1, -0.05) is 18.5 Å². The second kappa shape index (κ2) is 7.04. The van der Waals surface area contributed by atoms with Crippen molar-refractivity contribution in [1.82, 2.24) is 0 Å². The molecule has 0 aliphatic carbocycles. The van der Waals surface area contributed by atoms with E-state index < -0.39 is 28.3 Å². The Balaban J connectivity index is 2.66. The lowest BCUT2D eigenvalue weighted by Gasteiger charge is -2.09. The summed E-state index contributed by atoms with van der Waals surface area (Å²) < 4.78 is 13.2. The Morgan fingerprint density at radius 3 is 2.80 bits per heavy atom. The van der Waals surface area contributed by atoms with Crippen LogP contribution in [0.3, 0.4) is 0 Å². The molecule has 1 unspecified atom stereocenters. The van der Waals surface area contributed by atoms with Gasteiger partial charge in [0.2, 0.25) is 0 Å². The van der Waals surface area contributed by atoms with Gasteiger partial charge in [0.25, 0.3) is 5.69 Å². The van der Waals surface area contributed by atoms with Crippen molar-refractivity contribution in [2.45, 2.75) is 19.8 Å². The number of anilines is 1. The summed E-state index contributed by atoms with van der Waals surface area (Å²) in [6.07, 6.45) is 0.949. The van der Waals surface area contributed by atoms with Gasteiger partial charge in [-0.05, 0) is 18.9 Å². The standard InChI is InChI=1S/C12H14ClFN2O4/c1-7(12(17)18)3-2-4-15-10-5-8(13)9(14)6-11(10)16(19)20/h5-7,15H,2-4H2,1H3,(H,17,18). The van der Waals surface area contributed by atoms with Gasteiger partial charge in [0.1, 0.15) is 11.5 Å². The normalized spacial score (nSPS) is 11.9. The largest absolute Gasteiger partial charge is 0.481 e. The molecule has 0 aliphatic rings. The lowest BCUT2D eigenvalue weighted by molar-refractivity contribution is -0.384. The van der Waals surface area contributed by atoms with Crippen LogP contribution < -0.4 is 5.32 Å². The number of halogens is 2. The van der Waals surface area contributed by atoms with E-state index in [0.717, 1.165) is 12.1 Å². The molecule has 0 fully saturated rings. The molecule has 110 valence electrons. The van der Waals surface area contributed by atoms with Gasteiger partial charge in [0.15, 0.2) is 0 Å². The Morgan fingerprint density at radius 1 is 1.60 bits per heavy atom. The summed E-state index contributed by atoms with van der Waals surface area (Å²) in [5.41, 5.74) is -0.289. The molecule has 0 bridgehead atoms. The number of nitrogens with one attached hydrogen (secondary N) is 1. The van der Waals surface area contributed by atoms with Gasteiger partial charge >= 0.3 is 5.97 Å². The summed E-state index contributed by atoms with van der Waals surface area (Å²) in [5.74, 6) is -2.23. The third-order valence-electron chi connectivity index (χ3n) is 2.79. The topological polar surface area (TPSA) is 92.5 Å². The lowest BCUT2D eigenvalue weighted by atomic mass is 10.1. The third kappa shape index (κ3) is 4.34. The first-order chi connectivity index (χ1) is 9.32. The summed E-state index contributed by atoms with van der Waals surface area (Å²) in [6.45, 7) is 1.92. The molecule has 0 radical (unpaired) electrons. The number of nitro groups is 1. The molecule has 0 aliphatic heterocycles. The average molecular weight is 305 g/mol. The zero-order valence-electron chi connectivity index (χ0n) is 10.7. The van der Waals surface area contributed by atoms with Gasteiger partial charge in [-0.2, -0.15) is 0 Å². The zero-order chi connectivity index (χ0) is 15.3. The van der Waals surface area contributed by atoms with Gasteiger partial charge in [0, 0.05) is 6.54 Å². The van der Waals surface area contributed by atoms with E-state index in [-0.39, 0.29) is 10.7 Å². The van der Waals surface area contributed by atoms with Gasteiger partial charge in [-0.25, -0.2) is 4.39 Å². The van der Waals surface area contributed by atoms with Crippen molar-refractivity contribution in [2.24, 2.45) is 5.92 Å². The fourth-order valence-corrected chi connectivity index (χ4v) is 1.75. The quantitative estimate of drug-likeness (QED) is 0.458. The Kier molecular flexibility index (Phi) is 5.69. The van der Waals surface area contributed by atoms with Crippen LogP contribution in [0.1, 0.15) is 19.8 Å². The smallest absolute Gasteiger partial charge is 0.306 e. The molecule has 1 aromatic carbocycles. The fourth-order valence-electron chi connectivity index (χ4n) is 1.58. The van der Waals surface area contributed by atoms with Crippen LogP contribution in [0.25, 0.3) is 0 Å². The van der Waals surface area contributed by atoms with E-state index in [0.29, 0.717) is 19.4 Å². The summed E-state index contributed by atoms with van der Waals surface area (Å²) >= 11 is 5.58. The van der Waals surface area contributed by atoms with Crippen LogP contribution in [0.15, 0.2) is 12.1 Å². The highest BCUT2D eigenvalue weighted by atomic mass is 35.5. The molecule has 2 N–H and O–H groups in total. The van der Waals surface area contributed by atoms with E-state index in [1.54, 1.807) is 6.92 Å². The monoisotopic (exact) mass is 304 g/mol. The van der Waals surface area contributed by atoms with Crippen molar-refractivity contribution < 1.29 is 19.2 Å². The van der Waals surface area contributed by atoms with Gasteiger partial charge in [0.05, 0.1) is 21.9 Å². The second-order valence-electron chi connectivity index (χ2n) is 4.35. The van der Waals surface area contributed by atoms with Crippen LogP contribution in [-0.2, 0) is 4.79 Å². The molecule has 0 amide bonds. The Morgan fingerprint density at radius 2 is 2.25 bits per heavy atom. The van der Waals surface area contributed by atoms with E-state index in [2.05, 4.69) is 5.32 Å². The van der Waals surface area contributed by atoms with Gasteiger partial charge < -0.3 is 10.4 Å². The molecule has 0 saturated heterocycles. The zero-order valence-corrected chi connectivity index (χ0v) is 11.5. The molecular weight excluding hydrogens is 291 g/mol. The predicted octanol–water partition coefficient (Wildman–Crippen LogP) is 3.30. The van der Waals surface area contributed by atoms with Crippen molar-refractivity contribution >= 4 is 28.9 Å². The number of carboxylic acid groups (broad SMARTS) is 1. The third-order valence-corrected chi connectivity index (χ3v) is 3.08. The van der Waals surface area contributed by atoms with E-state index in [4.69, 9.17) is 16.7 Å². The molecule has 1 aromatic rings. The molecule has 1 rings (SSSR count). The lowest BCUT2D eigenvalue weighted by Crippen LogP contribution is -2.12. The SMILES string of the molecule is CC(CCCNc1cc(Cl)c(F)cc1[N+](=O)[O-])C(=O)O. The Hall–Kier alpha value is -1.89. The van der Waals surface area contributed by atoms with E-state index >= 15 is 0 Å². The summed E-state index contributed by atoms with van der Waals surface area (Å²) in [6, 6.07) is 1.90.